The molecule has 2 fully saturated rings. The SMILES string of the molecule is CCOC1CC(N)C1NC(=O)[C@@H]1CCC(=O)N1. The maximum Gasteiger partial charge on any atom is 0.242 e. The number of nitrogens with one attached hydrogen (secondary N) is 2. The van der Waals surface area contributed by atoms with Crippen LogP contribution < -0.4 is 16.4 Å². The predicted molar refractivity (Wildman–Crippen MR) is 61.1 cm³/mol. The highest BCUT2D eigenvalue weighted by Crippen LogP contribution is 2.23. The van der Waals surface area contributed by atoms with Crippen LogP contribution in [0.3, 0.4) is 0 Å². The first-order valence-corrected chi connectivity index (χ1v) is 6.08. The molecule has 2 aliphatic rings. The van der Waals surface area contributed by atoms with Gasteiger partial charge in [0.2, 0.25) is 11.8 Å². The first kappa shape index (κ1) is 12.3. The molecule has 0 aromatic rings. The molecule has 1 saturated heterocycles. The molecule has 1 aliphatic carbocycles. The lowest BCUT2D eigenvalue weighted by Crippen LogP contribution is -2.66. The molecular weight excluding hydrogens is 222 g/mol. The standard InChI is InChI=1S/C11H19N3O3/c1-2-17-8-5-6(12)10(8)14-11(16)7-3-4-9(15)13-7/h6-8,10H,2-5,12H2,1H3,(H,13,15)(H,14,16)/t6?,7-,8?,10?/m0/s1. The predicted octanol–water partition coefficient (Wildman–Crippen LogP) is -1.11. The molecule has 17 heavy (non-hydrogen) atoms. The van der Waals surface area contributed by atoms with Crippen molar-refractivity contribution >= 4 is 11.8 Å². The van der Waals surface area contributed by atoms with Crippen LogP contribution in [0.2, 0.25) is 0 Å². The lowest BCUT2D eigenvalue weighted by atomic mass is 9.83. The maximum absolute atomic E-state index is 11.9. The van der Waals surface area contributed by atoms with E-state index in [4.69, 9.17) is 10.5 Å². The summed E-state index contributed by atoms with van der Waals surface area (Å²) in [6.45, 7) is 2.53. The molecule has 2 rings (SSSR count). The molecule has 0 bridgehead atoms. The molecule has 6 nitrogen and oxygen atoms in total. The maximum atomic E-state index is 11.9. The van der Waals surface area contributed by atoms with E-state index >= 15 is 0 Å². The van der Waals surface area contributed by atoms with E-state index in [0.717, 1.165) is 6.42 Å². The van der Waals surface area contributed by atoms with Crippen LogP contribution in [-0.4, -0.2) is 42.7 Å². The molecule has 4 N–H and O–H groups in total. The largest absolute Gasteiger partial charge is 0.376 e. The Bertz CT molecular complexity index is 319. The third-order valence-corrected chi connectivity index (χ3v) is 3.37. The molecule has 3 unspecified atom stereocenters. The summed E-state index contributed by atoms with van der Waals surface area (Å²) in [7, 11) is 0. The van der Waals surface area contributed by atoms with E-state index in [1.165, 1.54) is 0 Å². The van der Waals surface area contributed by atoms with Crippen LogP contribution in [-0.2, 0) is 14.3 Å². The van der Waals surface area contributed by atoms with Crippen molar-refractivity contribution in [2.24, 2.45) is 5.73 Å². The van der Waals surface area contributed by atoms with Crippen molar-refractivity contribution in [3.8, 4) is 0 Å². The Morgan fingerprint density at radius 2 is 2.41 bits per heavy atom. The third-order valence-electron chi connectivity index (χ3n) is 3.37. The third kappa shape index (κ3) is 2.58. The molecule has 2 amide bonds. The molecule has 1 saturated carbocycles. The quantitative estimate of drug-likeness (QED) is 0.581. The van der Waals surface area contributed by atoms with E-state index in [1.54, 1.807) is 0 Å². The first-order chi connectivity index (χ1) is 8.11. The summed E-state index contributed by atoms with van der Waals surface area (Å²) < 4.78 is 5.46. The summed E-state index contributed by atoms with van der Waals surface area (Å²) in [6.07, 6.45) is 1.77. The second-order valence-electron chi connectivity index (χ2n) is 4.59. The zero-order chi connectivity index (χ0) is 12.4. The second-order valence-corrected chi connectivity index (χ2v) is 4.59. The Kier molecular flexibility index (Phi) is 3.63. The molecule has 96 valence electrons. The van der Waals surface area contributed by atoms with E-state index in [9.17, 15) is 9.59 Å². The van der Waals surface area contributed by atoms with Gasteiger partial charge in [-0.1, -0.05) is 0 Å². The number of rotatable bonds is 4. The Morgan fingerprint density at radius 1 is 1.65 bits per heavy atom. The topological polar surface area (TPSA) is 93.4 Å². The smallest absolute Gasteiger partial charge is 0.242 e. The minimum atomic E-state index is -0.405. The Labute approximate surface area is 100 Å². The lowest BCUT2D eigenvalue weighted by molar-refractivity contribution is -0.129. The van der Waals surface area contributed by atoms with Crippen molar-refractivity contribution in [2.45, 2.75) is 50.4 Å². The lowest BCUT2D eigenvalue weighted by Gasteiger charge is -2.42. The van der Waals surface area contributed by atoms with Gasteiger partial charge in [-0.25, -0.2) is 0 Å². The van der Waals surface area contributed by atoms with Crippen LogP contribution in [0.1, 0.15) is 26.2 Å². The van der Waals surface area contributed by atoms with Gasteiger partial charge in [0.05, 0.1) is 12.1 Å². The molecule has 1 heterocycles. The van der Waals surface area contributed by atoms with Crippen molar-refractivity contribution in [2.75, 3.05) is 6.61 Å². The highest BCUT2D eigenvalue weighted by Gasteiger charge is 2.41. The van der Waals surface area contributed by atoms with Crippen molar-refractivity contribution in [3.63, 3.8) is 0 Å². The number of carbonyl (C=O) groups excluding carboxylic acids is 2. The van der Waals surface area contributed by atoms with Gasteiger partial charge in [0.15, 0.2) is 0 Å². The normalized spacial score (nSPS) is 36.2. The average Bonchev–Trinajstić information content (AvgIpc) is 2.72. The molecule has 6 heteroatoms. The number of hydrogen-bond donors (Lipinski definition) is 3. The van der Waals surface area contributed by atoms with Gasteiger partial charge in [0.1, 0.15) is 6.04 Å². The van der Waals surface area contributed by atoms with Gasteiger partial charge in [-0.3, -0.25) is 9.59 Å². The Morgan fingerprint density at radius 3 is 2.94 bits per heavy atom. The van der Waals surface area contributed by atoms with Gasteiger partial charge in [0.25, 0.3) is 0 Å². The van der Waals surface area contributed by atoms with E-state index < -0.39 is 6.04 Å². The van der Waals surface area contributed by atoms with Gasteiger partial charge < -0.3 is 21.1 Å². The summed E-state index contributed by atoms with van der Waals surface area (Å²) in [5.74, 6) is -0.217. The molecule has 1 aliphatic heterocycles. The van der Waals surface area contributed by atoms with Gasteiger partial charge in [-0.2, -0.15) is 0 Å². The number of hydrogen-bond acceptors (Lipinski definition) is 4. The fourth-order valence-corrected chi connectivity index (χ4v) is 2.30. The van der Waals surface area contributed by atoms with Crippen LogP contribution in [0.4, 0.5) is 0 Å². The highest BCUT2D eigenvalue weighted by molar-refractivity contribution is 5.91. The Balaban J connectivity index is 1.83. The fraction of sp³-hybridized carbons (Fsp3) is 0.818. The van der Waals surface area contributed by atoms with Crippen molar-refractivity contribution in [1.82, 2.24) is 10.6 Å². The summed E-state index contributed by atoms with van der Waals surface area (Å²) in [6, 6.07) is -0.579. The molecule has 4 atom stereocenters. The monoisotopic (exact) mass is 241 g/mol. The number of ether oxygens (including phenoxy) is 1. The van der Waals surface area contributed by atoms with Gasteiger partial charge in [0, 0.05) is 19.1 Å². The zero-order valence-electron chi connectivity index (χ0n) is 9.94. The van der Waals surface area contributed by atoms with Crippen LogP contribution in [0.15, 0.2) is 0 Å². The van der Waals surface area contributed by atoms with Crippen molar-refractivity contribution in [3.05, 3.63) is 0 Å². The average molecular weight is 241 g/mol. The first-order valence-electron chi connectivity index (χ1n) is 6.08. The van der Waals surface area contributed by atoms with E-state index in [-0.39, 0.29) is 30.0 Å². The van der Waals surface area contributed by atoms with Crippen molar-refractivity contribution < 1.29 is 14.3 Å². The number of nitrogens with two attached hydrogens (primary N) is 1. The van der Waals surface area contributed by atoms with Gasteiger partial charge >= 0.3 is 0 Å². The van der Waals surface area contributed by atoms with E-state index in [2.05, 4.69) is 10.6 Å². The van der Waals surface area contributed by atoms with Crippen molar-refractivity contribution in [1.29, 1.82) is 0 Å². The summed E-state index contributed by atoms with van der Waals surface area (Å²) in [4.78, 5) is 22.9. The summed E-state index contributed by atoms with van der Waals surface area (Å²) in [5.41, 5.74) is 5.84. The molecule has 0 radical (unpaired) electrons. The molecule has 0 aromatic carbocycles. The van der Waals surface area contributed by atoms with E-state index in [1.807, 2.05) is 6.92 Å². The van der Waals surface area contributed by atoms with E-state index in [0.29, 0.717) is 19.4 Å². The Hall–Kier alpha value is -1.14. The summed E-state index contributed by atoms with van der Waals surface area (Å²) in [5, 5.41) is 5.50. The van der Waals surface area contributed by atoms with Crippen LogP contribution in [0.25, 0.3) is 0 Å². The van der Waals surface area contributed by atoms with Crippen LogP contribution >= 0.6 is 0 Å². The minimum Gasteiger partial charge on any atom is -0.376 e. The van der Waals surface area contributed by atoms with Crippen LogP contribution in [0.5, 0.6) is 0 Å². The number of carbonyl (C=O) groups is 2. The minimum absolute atomic E-state index is 0.0102. The van der Waals surface area contributed by atoms with Gasteiger partial charge in [-0.15, -0.1) is 0 Å². The number of amides is 2. The molecule has 0 spiro atoms. The molecule has 0 aromatic heterocycles. The second kappa shape index (κ2) is 5.01. The summed E-state index contributed by atoms with van der Waals surface area (Å²) >= 11 is 0. The fourth-order valence-electron chi connectivity index (χ4n) is 2.30. The molecular formula is C11H19N3O3. The highest BCUT2D eigenvalue weighted by atomic mass is 16.5. The zero-order valence-corrected chi connectivity index (χ0v) is 9.94. The van der Waals surface area contributed by atoms with Crippen LogP contribution in [0, 0.1) is 0 Å². The van der Waals surface area contributed by atoms with Gasteiger partial charge in [-0.05, 0) is 19.8 Å².